The monoisotopic (exact) mass is 359 g/mol. The van der Waals surface area contributed by atoms with Crippen LogP contribution in [0.5, 0.6) is 0 Å². The number of carboxylic acids is 2. The van der Waals surface area contributed by atoms with Crippen molar-refractivity contribution >= 4 is 28.7 Å². The number of fused-ring (bicyclic) bond motifs is 1. The lowest BCUT2D eigenvalue weighted by Gasteiger charge is -2.37. The summed E-state index contributed by atoms with van der Waals surface area (Å²) in [7, 11) is 1.80. The molecule has 0 radical (unpaired) electrons. The van der Waals surface area contributed by atoms with Crippen LogP contribution in [0.2, 0.25) is 0 Å². The Bertz CT molecular complexity index is 880. The van der Waals surface area contributed by atoms with Crippen LogP contribution < -0.4 is 0 Å². The number of carboxylic acid groups (broad SMARTS) is 2. The van der Waals surface area contributed by atoms with E-state index in [-0.39, 0.29) is 11.5 Å². The number of rotatable bonds is 4. The Kier molecular flexibility index (Phi) is 4.69. The van der Waals surface area contributed by atoms with Gasteiger partial charge in [-0.2, -0.15) is 0 Å². The molecule has 8 nitrogen and oxygen atoms in total. The average Bonchev–Trinajstić information content (AvgIpc) is 2.91. The van der Waals surface area contributed by atoms with Crippen LogP contribution in [0.4, 0.5) is 0 Å². The van der Waals surface area contributed by atoms with Crippen molar-refractivity contribution in [1.29, 1.82) is 0 Å². The highest BCUT2D eigenvalue weighted by atomic mass is 16.4. The number of carbonyl (C=O) groups is 3. The van der Waals surface area contributed by atoms with Crippen molar-refractivity contribution in [3.63, 3.8) is 0 Å². The molecule has 3 rings (SSSR count). The van der Waals surface area contributed by atoms with E-state index in [1.165, 1.54) is 19.1 Å². The molecule has 1 aliphatic rings. The molecule has 1 aliphatic heterocycles. The van der Waals surface area contributed by atoms with Crippen molar-refractivity contribution in [1.82, 2.24) is 14.4 Å². The maximum Gasteiger partial charge on any atom is 0.335 e. The quantitative estimate of drug-likeness (QED) is 0.849. The van der Waals surface area contributed by atoms with Crippen molar-refractivity contribution in [2.75, 3.05) is 26.2 Å². The van der Waals surface area contributed by atoms with E-state index in [2.05, 4.69) is 0 Å². The highest BCUT2D eigenvalue weighted by molar-refractivity contribution is 5.96. The zero-order valence-electron chi connectivity index (χ0n) is 14.7. The van der Waals surface area contributed by atoms with Gasteiger partial charge in [-0.3, -0.25) is 14.5 Å². The first-order chi connectivity index (χ1) is 12.3. The number of carbonyl (C=O) groups excluding carboxylic acids is 1. The highest BCUT2D eigenvalue weighted by Crippen LogP contribution is 2.31. The molecular formula is C18H21N3O5. The van der Waals surface area contributed by atoms with Crippen LogP contribution in [0.1, 0.15) is 28.9 Å². The van der Waals surface area contributed by atoms with Crippen molar-refractivity contribution in [3.05, 3.63) is 35.5 Å². The second kappa shape index (κ2) is 6.80. The zero-order chi connectivity index (χ0) is 19.0. The van der Waals surface area contributed by atoms with E-state index in [9.17, 15) is 24.6 Å². The third-order valence-corrected chi connectivity index (χ3v) is 4.92. The standard InChI is InChI=1S/C18H21N3O5/c1-11(22)20-5-7-21(8-6-20)16(18(25)26)14-10-19(2)15-4-3-12(17(23)24)9-13(14)15/h3-4,9-10,16H,5-8H2,1-2H3,(H,23,24)(H,25,26)/t16-/m1/s1. The number of benzene rings is 1. The molecule has 1 aromatic carbocycles. The minimum atomic E-state index is -1.05. The Morgan fingerprint density at radius 2 is 1.73 bits per heavy atom. The lowest BCUT2D eigenvalue weighted by Crippen LogP contribution is -2.50. The number of hydrogen-bond acceptors (Lipinski definition) is 4. The molecule has 8 heteroatoms. The first-order valence-electron chi connectivity index (χ1n) is 8.34. The van der Waals surface area contributed by atoms with Crippen LogP contribution in [0.3, 0.4) is 0 Å². The molecule has 1 atom stereocenters. The third kappa shape index (κ3) is 3.15. The summed E-state index contributed by atoms with van der Waals surface area (Å²) in [5, 5.41) is 19.7. The molecule has 1 aromatic heterocycles. The topological polar surface area (TPSA) is 103 Å². The molecule has 1 fully saturated rings. The van der Waals surface area contributed by atoms with Gasteiger partial charge in [-0.25, -0.2) is 4.79 Å². The maximum absolute atomic E-state index is 12.0. The number of aryl methyl sites for hydroxylation is 1. The fourth-order valence-electron chi connectivity index (χ4n) is 3.55. The predicted molar refractivity (Wildman–Crippen MR) is 94.1 cm³/mol. The van der Waals surface area contributed by atoms with E-state index in [1.54, 1.807) is 28.8 Å². The van der Waals surface area contributed by atoms with Crippen LogP contribution in [0.25, 0.3) is 10.9 Å². The molecule has 26 heavy (non-hydrogen) atoms. The number of aromatic nitrogens is 1. The van der Waals surface area contributed by atoms with Gasteiger partial charge in [-0.05, 0) is 18.2 Å². The lowest BCUT2D eigenvalue weighted by molar-refractivity contribution is -0.144. The van der Waals surface area contributed by atoms with E-state index in [1.807, 2.05) is 4.90 Å². The summed E-state index contributed by atoms with van der Waals surface area (Å²) < 4.78 is 1.80. The van der Waals surface area contributed by atoms with Gasteiger partial charge in [0, 0.05) is 62.8 Å². The molecule has 0 unspecified atom stereocenters. The molecule has 2 N–H and O–H groups in total. The van der Waals surface area contributed by atoms with E-state index < -0.39 is 18.0 Å². The van der Waals surface area contributed by atoms with E-state index in [0.717, 1.165) is 5.52 Å². The highest BCUT2D eigenvalue weighted by Gasteiger charge is 2.33. The molecule has 2 heterocycles. The Morgan fingerprint density at radius 3 is 2.27 bits per heavy atom. The number of piperazine rings is 1. The van der Waals surface area contributed by atoms with E-state index in [4.69, 9.17) is 0 Å². The second-order valence-corrected chi connectivity index (χ2v) is 6.52. The predicted octanol–water partition coefficient (Wildman–Crippen LogP) is 1.17. The molecule has 0 saturated carbocycles. The van der Waals surface area contributed by atoms with Crippen molar-refractivity contribution in [2.45, 2.75) is 13.0 Å². The van der Waals surface area contributed by atoms with E-state index in [0.29, 0.717) is 37.1 Å². The van der Waals surface area contributed by atoms with Gasteiger partial charge in [-0.15, -0.1) is 0 Å². The maximum atomic E-state index is 12.0. The second-order valence-electron chi connectivity index (χ2n) is 6.52. The number of aromatic carboxylic acids is 1. The molecule has 1 saturated heterocycles. The molecule has 0 spiro atoms. The van der Waals surface area contributed by atoms with Crippen LogP contribution in [0.15, 0.2) is 24.4 Å². The van der Waals surface area contributed by atoms with Crippen molar-refractivity contribution in [2.24, 2.45) is 7.05 Å². The van der Waals surface area contributed by atoms with Crippen molar-refractivity contribution < 1.29 is 24.6 Å². The Labute approximate surface area is 150 Å². The van der Waals surface area contributed by atoms with Crippen LogP contribution in [0, 0.1) is 0 Å². The summed E-state index contributed by atoms with van der Waals surface area (Å²) >= 11 is 0. The number of amides is 1. The van der Waals surface area contributed by atoms with Gasteiger partial charge < -0.3 is 19.7 Å². The van der Waals surface area contributed by atoms with Crippen LogP contribution in [-0.2, 0) is 16.6 Å². The summed E-state index contributed by atoms with van der Waals surface area (Å²) in [5.74, 6) is -2.06. The molecule has 0 aliphatic carbocycles. The van der Waals surface area contributed by atoms with Gasteiger partial charge in [-0.1, -0.05) is 0 Å². The van der Waals surface area contributed by atoms with E-state index >= 15 is 0 Å². The van der Waals surface area contributed by atoms with Gasteiger partial charge in [0.15, 0.2) is 0 Å². The SMILES string of the molecule is CC(=O)N1CCN([C@@H](C(=O)O)c2cn(C)c3ccc(C(=O)O)cc23)CC1. The first-order valence-corrected chi connectivity index (χ1v) is 8.34. The average molecular weight is 359 g/mol. The molecule has 1 amide bonds. The summed E-state index contributed by atoms with van der Waals surface area (Å²) in [4.78, 5) is 38.3. The smallest absolute Gasteiger partial charge is 0.335 e. The Hall–Kier alpha value is -2.87. The fourth-order valence-corrected chi connectivity index (χ4v) is 3.55. The Balaban J connectivity index is 2.01. The van der Waals surface area contributed by atoms with Crippen LogP contribution in [-0.4, -0.2) is 68.6 Å². The fraction of sp³-hybridized carbons (Fsp3) is 0.389. The van der Waals surface area contributed by atoms with Crippen LogP contribution >= 0.6 is 0 Å². The van der Waals surface area contributed by atoms with Gasteiger partial charge >= 0.3 is 11.9 Å². The third-order valence-electron chi connectivity index (χ3n) is 4.92. The molecule has 138 valence electrons. The summed E-state index contributed by atoms with van der Waals surface area (Å²) in [6.45, 7) is 3.36. The van der Waals surface area contributed by atoms with Crippen molar-refractivity contribution in [3.8, 4) is 0 Å². The molecule has 0 bridgehead atoms. The molecular weight excluding hydrogens is 338 g/mol. The minimum absolute atomic E-state index is 0.0206. The zero-order valence-corrected chi connectivity index (χ0v) is 14.7. The first kappa shape index (κ1) is 17.9. The minimum Gasteiger partial charge on any atom is -0.480 e. The largest absolute Gasteiger partial charge is 0.480 e. The van der Waals surface area contributed by atoms with Gasteiger partial charge in [0.25, 0.3) is 0 Å². The Morgan fingerprint density at radius 1 is 1.08 bits per heavy atom. The summed E-state index contributed by atoms with van der Waals surface area (Å²) in [6.07, 6.45) is 1.74. The lowest BCUT2D eigenvalue weighted by atomic mass is 10.0. The summed E-state index contributed by atoms with van der Waals surface area (Å²) in [6, 6.07) is 3.83. The number of aliphatic carboxylic acids is 1. The normalized spacial score (nSPS) is 16.6. The molecule has 2 aromatic rings. The number of nitrogens with zero attached hydrogens (tertiary/aromatic N) is 3. The van der Waals surface area contributed by atoms with Gasteiger partial charge in [0.05, 0.1) is 5.56 Å². The summed E-state index contributed by atoms with van der Waals surface area (Å²) in [5.41, 5.74) is 1.46. The number of hydrogen-bond donors (Lipinski definition) is 2. The van der Waals surface area contributed by atoms with Gasteiger partial charge in [0.1, 0.15) is 6.04 Å². The van der Waals surface area contributed by atoms with Gasteiger partial charge in [0.2, 0.25) is 5.91 Å².